The van der Waals surface area contributed by atoms with Gasteiger partial charge in [-0.05, 0) is 45.3 Å². The number of aromatic hydroxyl groups is 1. The summed E-state index contributed by atoms with van der Waals surface area (Å²) in [4.78, 5) is 15.5. The Balaban J connectivity index is 2.65. The Morgan fingerprint density at radius 3 is 2.56 bits per heavy atom. The summed E-state index contributed by atoms with van der Waals surface area (Å²) in [5.41, 5.74) is 0.00218. The Kier molecular flexibility index (Phi) is 5.09. The van der Waals surface area contributed by atoms with Crippen LogP contribution in [0.25, 0.3) is 0 Å². The lowest BCUT2D eigenvalue weighted by atomic mass is 10.1. The molecule has 1 rings (SSSR count). The molecule has 0 heterocycles. The maximum atomic E-state index is 13.0. The van der Waals surface area contributed by atoms with E-state index in [1.54, 1.807) is 7.05 Å². The second-order valence-corrected chi connectivity index (χ2v) is 4.55. The average Bonchev–Trinajstić information content (AvgIpc) is 2.30. The minimum Gasteiger partial charge on any atom is -0.507 e. The van der Waals surface area contributed by atoms with Gasteiger partial charge in [-0.15, -0.1) is 0 Å². The number of rotatable bonds is 5. The lowest BCUT2D eigenvalue weighted by molar-refractivity contribution is 0.0787. The highest BCUT2D eigenvalue weighted by Gasteiger charge is 2.16. The van der Waals surface area contributed by atoms with Gasteiger partial charge in [0.15, 0.2) is 0 Å². The third-order valence-corrected chi connectivity index (χ3v) is 2.63. The van der Waals surface area contributed by atoms with Gasteiger partial charge < -0.3 is 14.9 Å². The maximum Gasteiger partial charge on any atom is 0.257 e. The molecule has 0 saturated carbocycles. The summed E-state index contributed by atoms with van der Waals surface area (Å²) in [6.07, 6.45) is 0.825. The quantitative estimate of drug-likeness (QED) is 0.867. The molecule has 0 unspecified atom stereocenters. The van der Waals surface area contributed by atoms with Crippen molar-refractivity contribution >= 4 is 5.91 Å². The summed E-state index contributed by atoms with van der Waals surface area (Å²) in [7, 11) is 5.56. The molecule has 18 heavy (non-hydrogen) atoms. The molecule has 0 aromatic heterocycles. The molecule has 0 aliphatic rings. The summed E-state index contributed by atoms with van der Waals surface area (Å²) in [5, 5.41) is 9.55. The summed E-state index contributed by atoms with van der Waals surface area (Å²) >= 11 is 0. The normalized spacial score (nSPS) is 10.7. The highest BCUT2D eigenvalue weighted by atomic mass is 19.1. The highest BCUT2D eigenvalue weighted by Crippen LogP contribution is 2.19. The van der Waals surface area contributed by atoms with Gasteiger partial charge in [-0.25, -0.2) is 4.39 Å². The van der Waals surface area contributed by atoms with E-state index in [2.05, 4.69) is 0 Å². The molecule has 1 aromatic rings. The van der Waals surface area contributed by atoms with Crippen LogP contribution < -0.4 is 0 Å². The van der Waals surface area contributed by atoms with Gasteiger partial charge in [-0.2, -0.15) is 0 Å². The molecule has 1 amide bonds. The monoisotopic (exact) mass is 254 g/mol. The van der Waals surface area contributed by atoms with Crippen LogP contribution in [0, 0.1) is 5.82 Å². The van der Waals surface area contributed by atoms with E-state index in [4.69, 9.17) is 0 Å². The summed E-state index contributed by atoms with van der Waals surface area (Å²) < 4.78 is 13.0. The zero-order valence-electron chi connectivity index (χ0n) is 11.0. The predicted octanol–water partition coefficient (Wildman–Crippen LogP) is 1.55. The molecule has 4 nitrogen and oxygen atoms in total. The number of amides is 1. The first-order valence-corrected chi connectivity index (χ1v) is 5.80. The fraction of sp³-hybridized carbons (Fsp3) is 0.462. The Morgan fingerprint density at radius 2 is 1.94 bits per heavy atom. The Hall–Kier alpha value is -1.62. The Bertz CT molecular complexity index is 421. The second kappa shape index (κ2) is 6.35. The van der Waals surface area contributed by atoms with Crippen molar-refractivity contribution in [3.05, 3.63) is 29.6 Å². The average molecular weight is 254 g/mol. The largest absolute Gasteiger partial charge is 0.507 e. The number of hydrogen-bond donors (Lipinski definition) is 1. The number of carbonyl (C=O) groups is 1. The molecule has 0 atom stereocenters. The summed E-state index contributed by atoms with van der Waals surface area (Å²) in [6, 6.07) is 3.37. The van der Waals surface area contributed by atoms with Crippen LogP contribution in [-0.4, -0.2) is 55.0 Å². The van der Waals surface area contributed by atoms with Crippen molar-refractivity contribution in [2.45, 2.75) is 6.42 Å². The lowest BCUT2D eigenvalue weighted by Crippen LogP contribution is -2.29. The van der Waals surface area contributed by atoms with E-state index in [1.165, 1.54) is 11.0 Å². The Morgan fingerprint density at radius 1 is 1.28 bits per heavy atom. The van der Waals surface area contributed by atoms with Gasteiger partial charge in [0, 0.05) is 13.6 Å². The van der Waals surface area contributed by atoms with Crippen LogP contribution in [0.4, 0.5) is 4.39 Å². The first kappa shape index (κ1) is 14.4. The molecule has 0 spiro atoms. The number of halogens is 1. The molecule has 1 N–H and O–H groups in total. The van der Waals surface area contributed by atoms with E-state index in [9.17, 15) is 14.3 Å². The van der Waals surface area contributed by atoms with E-state index < -0.39 is 5.82 Å². The third kappa shape index (κ3) is 4.00. The molecular weight excluding hydrogens is 235 g/mol. The van der Waals surface area contributed by atoms with Gasteiger partial charge in [-0.3, -0.25) is 4.79 Å². The van der Waals surface area contributed by atoms with E-state index in [0.717, 1.165) is 25.1 Å². The molecule has 0 radical (unpaired) electrons. The number of benzene rings is 1. The molecule has 0 aliphatic heterocycles. The molecule has 0 aliphatic carbocycles. The van der Waals surface area contributed by atoms with E-state index in [1.807, 2.05) is 19.0 Å². The molecular formula is C13H19FN2O2. The van der Waals surface area contributed by atoms with E-state index in [-0.39, 0.29) is 17.2 Å². The third-order valence-electron chi connectivity index (χ3n) is 2.63. The topological polar surface area (TPSA) is 43.8 Å². The van der Waals surface area contributed by atoms with Crippen LogP contribution in [-0.2, 0) is 0 Å². The van der Waals surface area contributed by atoms with Crippen LogP contribution in [0.1, 0.15) is 16.8 Å². The number of phenolic OH excluding ortho intramolecular Hbond substituents is 1. The first-order chi connectivity index (χ1) is 8.41. The van der Waals surface area contributed by atoms with Crippen molar-refractivity contribution in [2.75, 3.05) is 34.2 Å². The van der Waals surface area contributed by atoms with Gasteiger partial charge >= 0.3 is 0 Å². The molecule has 0 saturated heterocycles. The highest BCUT2D eigenvalue weighted by molar-refractivity contribution is 5.96. The van der Waals surface area contributed by atoms with Gasteiger partial charge in [-0.1, -0.05) is 0 Å². The summed E-state index contributed by atoms with van der Waals surface area (Å²) in [6.45, 7) is 1.43. The van der Waals surface area contributed by atoms with E-state index in [0.29, 0.717) is 6.54 Å². The van der Waals surface area contributed by atoms with Gasteiger partial charge in [0.25, 0.3) is 5.91 Å². The number of carbonyl (C=O) groups excluding carboxylic acids is 1. The van der Waals surface area contributed by atoms with E-state index >= 15 is 0 Å². The number of nitrogens with zero attached hydrogens (tertiary/aromatic N) is 2. The zero-order chi connectivity index (χ0) is 13.7. The fourth-order valence-corrected chi connectivity index (χ4v) is 1.61. The minimum atomic E-state index is -0.530. The van der Waals surface area contributed by atoms with Crippen LogP contribution in [0.2, 0.25) is 0 Å². The maximum absolute atomic E-state index is 13.0. The van der Waals surface area contributed by atoms with Crippen molar-refractivity contribution in [1.82, 2.24) is 9.80 Å². The smallest absolute Gasteiger partial charge is 0.257 e. The summed E-state index contributed by atoms with van der Waals surface area (Å²) in [5.74, 6) is -1.09. The zero-order valence-corrected chi connectivity index (χ0v) is 11.0. The van der Waals surface area contributed by atoms with Gasteiger partial charge in [0.2, 0.25) is 0 Å². The van der Waals surface area contributed by atoms with Crippen molar-refractivity contribution in [2.24, 2.45) is 0 Å². The predicted molar refractivity (Wildman–Crippen MR) is 68.2 cm³/mol. The molecule has 1 aromatic carbocycles. The lowest BCUT2D eigenvalue weighted by Gasteiger charge is -2.19. The molecule has 0 fully saturated rings. The van der Waals surface area contributed by atoms with Crippen molar-refractivity contribution in [1.29, 1.82) is 0 Å². The van der Waals surface area contributed by atoms with Crippen molar-refractivity contribution < 1.29 is 14.3 Å². The first-order valence-electron chi connectivity index (χ1n) is 5.80. The SMILES string of the molecule is CN(C)CCCN(C)C(=O)c1cc(F)ccc1O. The minimum absolute atomic E-state index is 0.00218. The Labute approximate surface area is 107 Å². The van der Waals surface area contributed by atoms with Gasteiger partial charge in [0.1, 0.15) is 11.6 Å². The van der Waals surface area contributed by atoms with Crippen LogP contribution in [0.3, 0.4) is 0 Å². The fourth-order valence-electron chi connectivity index (χ4n) is 1.61. The molecule has 5 heteroatoms. The van der Waals surface area contributed by atoms with Crippen molar-refractivity contribution in [3.63, 3.8) is 0 Å². The second-order valence-electron chi connectivity index (χ2n) is 4.55. The van der Waals surface area contributed by atoms with Crippen molar-refractivity contribution in [3.8, 4) is 5.75 Å². The number of hydrogen-bond acceptors (Lipinski definition) is 3. The standard InChI is InChI=1S/C13H19FN2O2/c1-15(2)7-4-8-16(3)13(18)11-9-10(14)5-6-12(11)17/h5-6,9,17H,4,7-8H2,1-3H3. The van der Waals surface area contributed by atoms with Gasteiger partial charge in [0.05, 0.1) is 5.56 Å². The molecule has 0 bridgehead atoms. The number of phenols is 1. The van der Waals surface area contributed by atoms with Crippen LogP contribution >= 0.6 is 0 Å². The molecule has 100 valence electrons. The van der Waals surface area contributed by atoms with Crippen LogP contribution in [0.15, 0.2) is 18.2 Å². The van der Waals surface area contributed by atoms with Crippen LogP contribution in [0.5, 0.6) is 5.75 Å².